The molecule has 0 atom stereocenters. The third-order valence-corrected chi connectivity index (χ3v) is 4.84. The van der Waals surface area contributed by atoms with Gasteiger partial charge < -0.3 is 0 Å². The molecule has 8 heteroatoms. The molecule has 0 spiro atoms. The molecule has 2 aromatic heterocycles. The van der Waals surface area contributed by atoms with Crippen molar-refractivity contribution in [2.45, 2.75) is 11.3 Å². The van der Waals surface area contributed by atoms with Crippen molar-refractivity contribution in [1.29, 1.82) is 0 Å². The van der Waals surface area contributed by atoms with E-state index in [4.69, 9.17) is 11.6 Å². The smallest absolute Gasteiger partial charge is 0.243 e. The molecule has 106 valence electrons. The molecule has 0 radical (unpaired) electrons. The van der Waals surface area contributed by atoms with Crippen LogP contribution in [0.1, 0.15) is 5.56 Å². The summed E-state index contributed by atoms with van der Waals surface area (Å²) in [5.41, 5.74) is 1.00. The molecule has 2 rings (SSSR count). The lowest BCUT2D eigenvalue weighted by Crippen LogP contribution is -2.26. The molecule has 2 aromatic rings. The van der Waals surface area contributed by atoms with Gasteiger partial charge in [0.05, 0.1) is 0 Å². The molecule has 20 heavy (non-hydrogen) atoms. The molecule has 0 saturated heterocycles. The van der Waals surface area contributed by atoms with E-state index in [1.54, 1.807) is 12.4 Å². The average molecular weight is 377 g/mol. The van der Waals surface area contributed by atoms with Crippen molar-refractivity contribution < 1.29 is 8.42 Å². The van der Waals surface area contributed by atoms with E-state index in [1.165, 1.54) is 12.3 Å². The van der Waals surface area contributed by atoms with Crippen LogP contribution in [0.2, 0.25) is 5.15 Å². The molecule has 2 heterocycles. The molecule has 0 aromatic carbocycles. The van der Waals surface area contributed by atoms with Crippen LogP contribution in [0, 0.1) is 0 Å². The van der Waals surface area contributed by atoms with Crippen LogP contribution in [0.25, 0.3) is 0 Å². The highest BCUT2D eigenvalue weighted by Crippen LogP contribution is 2.22. The zero-order valence-electron chi connectivity index (χ0n) is 10.3. The van der Waals surface area contributed by atoms with Gasteiger partial charge >= 0.3 is 0 Å². The number of hydrogen-bond acceptors (Lipinski definition) is 4. The number of pyridine rings is 2. The van der Waals surface area contributed by atoms with E-state index in [0.29, 0.717) is 10.9 Å². The predicted octanol–water partition coefficient (Wildman–Crippen LogP) is 2.41. The Balaban J connectivity index is 2.06. The first-order chi connectivity index (χ1) is 9.49. The molecule has 5 nitrogen and oxygen atoms in total. The number of nitrogens with zero attached hydrogens (tertiary/aromatic N) is 2. The van der Waals surface area contributed by atoms with Crippen LogP contribution in [-0.2, 0) is 16.4 Å². The fourth-order valence-corrected chi connectivity index (χ4v) is 3.52. The Bertz CT molecular complexity index is 695. The molecule has 0 fully saturated rings. The molecule has 1 N–H and O–H groups in total. The Morgan fingerprint density at radius 2 is 2.00 bits per heavy atom. The first-order valence-electron chi connectivity index (χ1n) is 5.68. The topological polar surface area (TPSA) is 72.0 Å². The number of hydrogen-bond donors (Lipinski definition) is 1. The minimum atomic E-state index is -3.67. The van der Waals surface area contributed by atoms with Crippen molar-refractivity contribution in [2.24, 2.45) is 0 Å². The SMILES string of the molecule is O=S(=O)(NCCc1ccncc1)c1cc(Br)cnc1Cl. The van der Waals surface area contributed by atoms with E-state index < -0.39 is 10.0 Å². The number of aromatic nitrogens is 2. The van der Waals surface area contributed by atoms with Crippen LogP contribution in [-0.4, -0.2) is 24.9 Å². The lowest BCUT2D eigenvalue weighted by molar-refractivity contribution is 0.581. The maximum Gasteiger partial charge on any atom is 0.243 e. The molecular formula is C12H11BrClN3O2S. The maximum atomic E-state index is 12.1. The summed E-state index contributed by atoms with van der Waals surface area (Å²) in [6.45, 7) is 0.273. The zero-order chi connectivity index (χ0) is 14.6. The van der Waals surface area contributed by atoms with Crippen molar-refractivity contribution in [3.63, 3.8) is 0 Å². The van der Waals surface area contributed by atoms with Gasteiger partial charge in [0.2, 0.25) is 10.0 Å². The van der Waals surface area contributed by atoms with E-state index in [9.17, 15) is 8.42 Å². The zero-order valence-corrected chi connectivity index (χ0v) is 13.4. The molecule has 0 bridgehead atoms. The van der Waals surface area contributed by atoms with E-state index in [2.05, 4.69) is 30.6 Å². The Kier molecular flexibility index (Phi) is 5.09. The highest BCUT2D eigenvalue weighted by atomic mass is 79.9. The van der Waals surface area contributed by atoms with Crippen molar-refractivity contribution >= 4 is 37.6 Å². The van der Waals surface area contributed by atoms with Gasteiger partial charge in [-0.15, -0.1) is 0 Å². The molecule has 0 aliphatic heterocycles. The standard InChI is InChI=1S/C12H11BrClN3O2S/c13-10-7-11(12(14)16-8-10)20(18,19)17-6-3-9-1-4-15-5-2-9/h1-2,4-5,7-8,17H,3,6H2. The van der Waals surface area contributed by atoms with Gasteiger partial charge in [0, 0.05) is 29.6 Å². The fourth-order valence-electron chi connectivity index (χ4n) is 1.55. The quantitative estimate of drug-likeness (QED) is 0.814. The largest absolute Gasteiger partial charge is 0.265 e. The van der Waals surface area contributed by atoms with E-state index in [-0.39, 0.29) is 16.6 Å². The van der Waals surface area contributed by atoms with Gasteiger partial charge in [-0.2, -0.15) is 0 Å². The van der Waals surface area contributed by atoms with Crippen molar-refractivity contribution in [3.05, 3.63) is 52.0 Å². The summed E-state index contributed by atoms with van der Waals surface area (Å²) in [6, 6.07) is 5.09. The second-order valence-corrected chi connectivity index (χ2v) is 6.95. The second-order valence-electron chi connectivity index (χ2n) is 3.95. The monoisotopic (exact) mass is 375 g/mol. The highest BCUT2D eigenvalue weighted by Gasteiger charge is 2.18. The van der Waals surface area contributed by atoms with E-state index in [1.807, 2.05) is 12.1 Å². The van der Waals surface area contributed by atoms with Crippen LogP contribution >= 0.6 is 27.5 Å². The molecule has 0 saturated carbocycles. The van der Waals surface area contributed by atoms with Crippen molar-refractivity contribution in [2.75, 3.05) is 6.54 Å². The number of halogens is 2. The summed E-state index contributed by atoms with van der Waals surface area (Å²) in [5.74, 6) is 0. The summed E-state index contributed by atoms with van der Waals surface area (Å²) < 4.78 is 27.3. The summed E-state index contributed by atoms with van der Waals surface area (Å²) >= 11 is 8.99. The first-order valence-corrected chi connectivity index (χ1v) is 8.34. The lowest BCUT2D eigenvalue weighted by Gasteiger charge is -2.08. The van der Waals surface area contributed by atoms with Crippen LogP contribution in [0.4, 0.5) is 0 Å². The van der Waals surface area contributed by atoms with Crippen LogP contribution in [0.3, 0.4) is 0 Å². The van der Waals surface area contributed by atoms with E-state index in [0.717, 1.165) is 5.56 Å². The van der Waals surface area contributed by atoms with Gasteiger partial charge in [0.1, 0.15) is 10.0 Å². The first kappa shape index (κ1) is 15.4. The van der Waals surface area contributed by atoms with Crippen LogP contribution < -0.4 is 4.72 Å². The second kappa shape index (κ2) is 6.62. The number of sulfonamides is 1. The fraction of sp³-hybridized carbons (Fsp3) is 0.167. The summed E-state index contributed by atoms with van der Waals surface area (Å²) in [5, 5.41) is -0.0513. The normalized spacial score (nSPS) is 11.5. The minimum absolute atomic E-state index is 0.0386. The van der Waals surface area contributed by atoms with Crippen LogP contribution in [0.15, 0.2) is 46.2 Å². The third kappa shape index (κ3) is 3.99. The average Bonchev–Trinajstić information content (AvgIpc) is 2.42. The van der Waals surface area contributed by atoms with Crippen molar-refractivity contribution in [1.82, 2.24) is 14.7 Å². The van der Waals surface area contributed by atoms with Gasteiger partial charge in [0.25, 0.3) is 0 Å². The Morgan fingerprint density at radius 1 is 1.30 bits per heavy atom. The van der Waals surface area contributed by atoms with Gasteiger partial charge in [-0.3, -0.25) is 4.98 Å². The summed E-state index contributed by atoms with van der Waals surface area (Å²) in [4.78, 5) is 7.67. The van der Waals surface area contributed by atoms with Gasteiger partial charge in [-0.1, -0.05) is 11.6 Å². The Hall–Kier alpha value is -1.02. The predicted molar refractivity (Wildman–Crippen MR) is 80.1 cm³/mol. The lowest BCUT2D eigenvalue weighted by atomic mass is 10.2. The van der Waals surface area contributed by atoms with Gasteiger partial charge in [-0.25, -0.2) is 18.1 Å². The summed E-state index contributed by atoms with van der Waals surface area (Å²) in [7, 11) is -3.67. The third-order valence-electron chi connectivity index (χ3n) is 2.52. The van der Waals surface area contributed by atoms with Crippen molar-refractivity contribution in [3.8, 4) is 0 Å². The highest BCUT2D eigenvalue weighted by molar-refractivity contribution is 9.10. The Morgan fingerprint density at radius 3 is 2.70 bits per heavy atom. The number of rotatable bonds is 5. The minimum Gasteiger partial charge on any atom is -0.265 e. The summed E-state index contributed by atoms with van der Waals surface area (Å²) in [6.07, 6.45) is 5.34. The molecular weight excluding hydrogens is 366 g/mol. The maximum absolute atomic E-state index is 12.1. The number of nitrogens with one attached hydrogen (secondary N) is 1. The molecule has 0 aliphatic rings. The molecule has 0 unspecified atom stereocenters. The van der Waals surface area contributed by atoms with Crippen LogP contribution in [0.5, 0.6) is 0 Å². The molecule has 0 aliphatic carbocycles. The van der Waals surface area contributed by atoms with E-state index >= 15 is 0 Å². The van der Waals surface area contributed by atoms with Gasteiger partial charge in [-0.05, 0) is 46.1 Å². The van der Waals surface area contributed by atoms with Gasteiger partial charge in [0.15, 0.2) is 0 Å². The Labute approximate surface area is 130 Å². The molecule has 0 amide bonds.